The van der Waals surface area contributed by atoms with Gasteiger partial charge in [0.1, 0.15) is 0 Å². The highest BCUT2D eigenvalue weighted by atomic mass is 32.2. The number of carbonyl (C=O) groups excluding carboxylic acids is 2. The second-order valence-corrected chi connectivity index (χ2v) is 11.0. The van der Waals surface area contributed by atoms with E-state index in [1.807, 2.05) is 12.1 Å². The first kappa shape index (κ1) is 26.2. The predicted molar refractivity (Wildman–Crippen MR) is 128 cm³/mol. The van der Waals surface area contributed by atoms with Crippen molar-refractivity contribution in [2.45, 2.75) is 57.0 Å². The van der Waals surface area contributed by atoms with Gasteiger partial charge in [-0.05, 0) is 49.3 Å². The van der Waals surface area contributed by atoms with Crippen molar-refractivity contribution >= 4 is 22.0 Å². The molecule has 2 aliphatic heterocycles. The SMILES string of the molecule is COc1cc2cc(c1OC)CCCNC(=O)C[C@@H]1CC[C@H](CNC(=O)CC2)N1S(=O)(=O)N(C)C. The van der Waals surface area contributed by atoms with Gasteiger partial charge in [0, 0.05) is 52.1 Å². The molecule has 2 amide bonds. The summed E-state index contributed by atoms with van der Waals surface area (Å²) in [6, 6.07) is 3.06. The number of nitrogens with one attached hydrogen (secondary N) is 2. The third-order valence-electron chi connectivity index (χ3n) is 6.44. The zero-order valence-electron chi connectivity index (χ0n) is 20.4. The van der Waals surface area contributed by atoms with Crippen LogP contribution < -0.4 is 20.1 Å². The van der Waals surface area contributed by atoms with E-state index < -0.39 is 22.3 Å². The van der Waals surface area contributed by atoms with Gasteiger partial charge in [-0.1, -0.05) is 6.07 Å². The van der Waals surface area contributed by atoms with Crippen LogP contribution in [0, 0.1) is 0 Å². The van der Waals surface area contributed by atoms with E-state index in [-0.39, 0.29) is 31.2 Å². The largest absolute Gasteiger partial charge is 0.493 e. The minimum absolute atomic E-state index is 0.0874. The molecule has 1 aromatic carbocycles. The summed E-state index contributed by atoms with van der Waals surface area (Å²) in [7, 11) is 2.38. The molecule has 2 aliphatic rings. The highest BCUT2D eigenvalue weighted by Gasteiger charge is 2.43. The number of ether oxygens (including phenoxy) is 2. The number of rotatable bonds is 4. The molecule has 190 valence electrons. The van der Waals surface area contributed by atoms with Crippen LogP contribution in [0.15, 0.2) is 12.1 Å². The summed E-state index contributed by atoms with van der Waals surface area (Å²) in [6.45, 7) is 0.673. The highest BCUT2D eigenvalue weighted by Crippen LogP contribution is 2.34. The molecule has 0 spiro atoms. The molecule has 2 heterocycles. The molecular formula is C23H36N4O6S. The van der Waals surface area contributed by atoms with Crippen molar-refractivity contribution in [3.63, 3.8) is 0 Å². The Balaban J connectivity index is 1.85. The molecule has 0 unspecified atom stereocenters. The fourth-order valence-corrected chi connectivity index (χ4v) is 6.18. The van der Waals surface area contributed by atoms with Crippen molar-refractivity contribution in [2.75, 3.05) is 41.4 Å². The third kappa shape index (κ3) is 6.00. The van der Waals surface area contributed by atoms with E-state index in [9.17, 15) is 18.0 Å². The number of methoxy groups -OCH3 is 2. The molecule has 0 aliphatic carbocycles. The second kappa shape index (κ2) is 11.4. The topological polar surface area (TPSA) is 117 Å². The number of hydrogen-bond acceptors (Lipinski definition) is 6. The average molecular weight is 497 g/mol. The van der Waals surface area contributed by atoms with Crippen molar-refractivity contribution in [3.8, 4) is 11.5 Å². The smallest absolute Gasteiger partial charge is 0.282 e. The van der Waals surface area contributed by atoms with E-state index >= 15 is 0 Å². The van der Waals surface area contributed by atoms with Gasteiger partial charge in [-0.25, -0.2) is 0 Å². The number of hydrogen-bond donors (Lipinski definition) is 2. The van der Waals surface area contributed by atoms with E-state index in [2.05, 4.69) is 10.6 Å². The summed E-state index contributed by atoms with van der Waals surface area (Å²) in [5.74, 6) is 0.932. The summed E-state index contributed by atoms with van der Waals surface area (Å²) in [6.07, 6.45) is 3.38. The van der Waals surface area contributed by atoms with Crippen LogP contribution in [0.2, 0.25) is 0 Å². The summed E-state index contributed by atoms with van der Waals surface area (Å²) in [4.78, 5) is 25.3. The molecule has 1 saturated heterocycles. The quantitative estimate of drug-likeness (QED) is 0.638. The van der Waals surface area contributed by atoms with Gasteiger partial charge in [0.2, 0.25) is 11.8 Å². The highest BCUT2D eigenvalue weighted by molar-refractivity contribution is 7.86. The van der Waals surface area contributed by atoms with E-state index in [1.165, 1.54) is 18.4 Å². The van der Waals surface area contributed by atoms with Gasteiger partial charge in [-0.15, -0.1) is 0 Å². The Kier molecular flexibility index (Phi) is 8.78. The molecule has 4 bridgehead atoms. The Hall–Kier alpha value is -2.37. The van der Waals surface area contributed by atoms with Gasteiger partial charge < -0.3 is 20.1 Å². The Bertz CT molecular complexity index is 997. The van der Waals surface area contributed by atoms with Crippen LogP contribution in [0.1, 0.15) is 43.2 Å². The summed E-state index contributed by atoms with van der Waals surface area (Å²) >= 11 is 0. The first-order valence-corrected chi connectivity index (χ1v) is 13.0. The standard InChI is InChI=1S/C23H36N4O6S/c1-26(2)34(30,31)27-18-8-9-19(27)15-25-21(28)10-7-16-12-17(6-5-11-24-22(29)14-18)23(33-4)20(13-16)32-3/h12-13,18-19H,5-11,14-15H2,1-4H3,(H,24,29)(H,25,28)/t18-,19+/m0/s1. The molecule has 0 radical (unpaired) electrons. The fraction of sp³-hybridized carbons (Fsp3) is 0.652. The van der Waals surface area contributed by atoms with Crippen LogP contribution >= 0.6 is 0 Å². The van der Waals surface area contributed by atoms with Crippen LogP contribution in [0.4, 0.5) is 0 Å². The van der Waals surface area contributed by atoms with Crippen molar-refractivity contribution in [1.29, 1.82) is 0 Å². The maximum absolute atomic E-state index is 13.0. The van der Waals surface area contributed by atoms with E-state index in [0.29, 0.717) is 50.1 Å². The minimum atomic E-state index is -3.75. The van der Waals surface area contributed by atoms with E-state index in [1.54, 1.807) is 14.2 Å². The molecule has 3 rings (SSSR count). The molecule has 0 aromatic heterocycles. The lowest BCUT2D eigenvalue weighted by atomic mass is 10.0. The van der Waals surface area contributed by atoms with Gasteiger partial charge in [0.05, 0.1) is 14.2 Å². The zero-order chi connectivity index (χ0) is 24.9. The lowest BCUT2D eigenvalue weighted by molar-refractivity contribution is -0.122. The van der Waals surface area contributed by atoms with E-state index in [4.69, 9.17) is 9.47 Å². The summed E-state index contributed by atoms with van der Waals surface area (Å²) in [5, 5.41) is 5.82. The Morgan fingerprint density at radius 1 is 0.971 bits per heavy atom. The Labute approximate surface area is 202 Å². The van der Waals surface area contributed by atoms with Crippen LogP contribution in [-0.2, 0) is 32.6 Å². The van der Waals surface area contributed by atoms with Crippen LogP contribution in [0.25, 0.3) is 0 Å². The van der Waals surface area contributed by atoms with Crippen LogP contribution in [0.5, 0.6) is 11.5 Å². The van der Waals surface area contributed by atoms with Crippen molar-refractivity contribution in [3.05, 3.63) is 23.3 Å². The number of amides is 2. The van der Waals surface area contributed by atoms with Gasteiger partial charge in [-0.2, -0.15) is 17.0 Å². The molecule has 1 aromatic rings. The molecule has 34 heavy (non-hydrogen) atoms. The fourth-order valence-electron chi connectivity index (χ4n) is 4.69. The van der Waals surface area contributed by atoms with Gasteiger partial charge in [0.25, 0.3) is 10.2 Å². The summed E-state index contributed by atoms with van der Waals surface area (Å²) < 4.78 is 39.7. The lowest BCUT2D eigenvalue weighted by Crippen LogP contribution is -2.51. The Morgan fingerprint density at radius 2 is 1.71 bits per heavy atom. The molecule has 1 fully saturated rings. The maximum atomic E-state index is 13.0. The Morgan fingerprint density at radius 3 is 2.38 bits per heavy atom. The van der Waals surface area contributed by atoms with Crippen LogP contribution in [0.3, 0.4) is 0 Å². The minimum Gasteiger partial charge on any atom is -0.493 e. The zero-order valence-corrected chi connectivity index (χ0v) is 21.2. The molecule has 2 atom stereocenters. The number of benzene rings is 1. The van der Waals surface area contributed by atoms with Gasteiger partial charge in [-0.3, -0.25) is 9.59 Å². The van der Waals surface area contributed by atoms with E-state index in [0.717, 1.165) is 15.4 Å². The first-order chi connectivity index (χ1) is 16.2. The molecule has 2 N–H and O–H groups in total. The third-order valence-corrected chi connectivity index (χ3v) is 8.49. The monoisotopic (exact) mass is 496 g/mol. The molecular weight excluding hydrogens is 460 g/mol. The normalized spacial score (nSPS) is 23.2. The van der Waals surface area contributed by atoms with Crippen molar-refractivity contribution in [2.24, 2.45) is 0 Å². The number of carbonyl (C=O) groups is 2. The van der Waals surface area contributed by atoms with Crippen LogP contribution in [-0.4, -0.2) is 82.3 Å². The molecule has 0 saturated carbocycles. The number of aryl methyl sites for hydroxylation is 2. The average Bonchev–Trinajstić information content (AvgIpc) is 3.20. The molecule has 10 nitrogen and oxygen atoms in total. The maximum Gasteiger partial charge on any atom is 0.282 e. The van der Waals surface area contributed by atoms with Crippen molar-refractivity contribution in [1.82, 2.24) is 19.2 Å². The van der Waals surface area contributed by atoms with Gasteiger partial charge >= 0.3 is 0 Å². The second-order valence-electron chi connectivity index (χ2n) is 8.96. The predicted octanol–water partition coefficient (Wildman–Crippen LogP) is 0.845. The summed E-state index contributed by atoms with van der Waals surface area (Å²) in [5.41, 5.74) is 1.91. The first-order valence-electron chi connectivity index (χ1n) is 11.7. The molecule has 11 heteroatoms. The van der Waals surface area contributed by atoms with Crippen molar-refractivity contribution < 1.29 is 27.5 Å². The lowest BCUT2D eigenvalue weighted by Gasteiger charge is -2.31. The number of nitrogens with zero attached hydrogens (tertiary/aromatic N) is 2. The van der Waals surface area contributed by atoms with Gasteiger partial charge in [0.15, 0.2) is 11.5 Å². The number of fused-ring (bicyclic) bond motifs is 4.